The van der Waals surface area contributed by atoms with E-state index in [9.17, 15) is 0 Å². The van der Waals surface area contributed by atoms with Crippen molar-refractivity contribution in [3.8, 4) is 5.75 Å². The van der Waals surface area contributed by atoms with Gasteiger partial charge in [-0.2, -0.15) is 0 Å². The maximum atomic E-state index is 5.94. The summed E-state index contributed by atoms with van der Waals surface area (Å²) in [5.74, 6) is 1.83. The van der Waals surface area contributed by atoms with Crippen molar-refractivity contribution in [1.29, 1.82) is 0 Å². The lowest BCUT2D eigenvalue weighted by Gasteiger charge is -2.12. The van der Waals surface area contributed by atoms with E-state index in [1.54, 1.807) is 6.26 Å². The van der Waals surface area contributed by atoms with E-state index in [0.717, 1.165) is 30.2 Å². The van der Waals surface area contributed by atoms with Crippen LogP contribution in [0, 0.1) is 20.8 Å². The van der Waals surface area contributed by atoms with Crippen molar-refractivity contribution >= 4 is 0 Å². The molecule has 0 unspecified atom stereocenters. The molecule has 20 heavy (non-hydrogen) atoms. The minimum absolute atomic E-state index is 0.470. The topological polar surface area (TPSA) is 34.4 Å². The minimum atomic E-state index is 0.470. The summed E-state index contributed by atoms with van der Waals surface area (Å²) in [6, 6.07) is 6.25. The van der Waals surface area contributed by atoms with E-state index in [0.29, 0.717) is 6.61 Å². The number of furan rings is 1. The number of nitrogens with one attached hydrogen (secondary N) is 1. The average Bonchev–Trinajstić information content (AvgIpc) is 2.86. The van der Waals surface area contributed by atoms with Crippen molar-refractivity contribution < 1.29 is 9.15 Å². The number of aryl methyl sites for hydroxylation is 2. The van der Waals surface area contributed by atoms with Gasteiger partial charge in [-0.05, 0) is 56.1 Å². The highest BCUT2D eigenvalue weighted by Gasteiger charge is 2.09. The third kappa shape index (κ3) is 3.42. The summed E-state index contributed by atoms with van der Waals surface area (Å²) in [6.07, 6.45) is 1.72. The molecule has 1 heterocycles. The van der Waals surface area contributed by atoms with E-state index in [-0.39, 0.29) is 0 Å². The Bertz CT molecular complexity index is 572. The van der Waals surface area contributed by atoms with Crippen molar-refractivity contribution in [3.05, 3.63) is 52.5 Å². The van der Waals surface area contributed by atoms with Crippen LogP contribution in [-0.4, -0.2) is 6.54 Å². The van der Waals surface area contributed by atoms with Crippen LogP contribution in [-0.2, 0) is 13.2 Å². The van der Waals surface area contributed by atoms with Crippen LogP contribution in [0.15, 0.2) is 28.9 Å². The number of benzene rings is 1. The van der Waals surface area contributed by atoms with Crippen LogP contribution in [0.5, 0.6) is 5.75 Å². The Hall–Kier alpha value is -1.74. The molecule has 0 amide bonds. The van der Waals surface area contributed by atoms with Gasteiger partial charge in [-0.15, -0.1) is 0 Å². The molecule has 0 aliphatic carbocycles. The summed E-state index contributed by atoms with van der Waals surface area (Å²) >= 11 is 0. The van der Waals surface area contributed by atoms with Gasteiger partial charge in [-0.3, -0.25) is 0 Å². The first-order chi connectivity index (χ1) is 9.61. The smallest absolute Gasteiger partial charge is 0.146 e. The first kappa shape index (κ1) is 14.7. The van der Waals surface area contributed by atoms with Gasteiger partial charge >= 0.3 is 0 Å². The summed E-state index contributed by atoms with van der Waals surface area (Å²) in [6.45, 7) is 10.6. The molecule has 3 nitrogen and oxygen atoms in total. The van der Waals surface area contributed by atoms with Crippen molar-refractivity contribution in [2.45, 2.75) is 40.8 Å². The lowest BCUT2D eigenvalue weighted by atomic mass is 10.1. The zero-order valence-electron chi connectivity index (χ0n) is 12.7. The van der Waals surface area contributed by atoms with Gasteiger partial charge in [-0.1, -0.05) is 13.0 Å². The number of ether oxygens (including phenoxy) is 1. The molecule has 0 saturated heterocycles. The molecule has 0 saturated carbocycles. The fraction of sp³-hybridized carbons (Fsp3) is 0.412. The molecule has 0 aliphatic rings. The fourth-order valence-corrected chi connectivity index (χ4v) is 2.20. The Morgan fingerprint density at radius 3 is 2.75 bits per heavy atom. The first-order valence-corrected chi connectivity index (χ1v) is 7.08. The second-order valence-corrected chi connectivity index (χ2v) is 5.14. The molecule has 0 radical (unpaired) electrons. The molecule has 0 fully saturated rings. The van der Waals surface area contributed by atoms with E-state index in [1.807, 2.05) is 6.07 Å². The van der Waals surface area contributed by atoms with Crippen LogP contribution in [0.3, 0.4) is 0 Å². The molecule has 3 heteroatoms. The van der Waals surface area contributed by atoms with E-state index in [2.05, 4.69) is 45.1 Å². The van der Waals surface area contributed by atoms with Crippen LogP contribution in [0.25, 0.3) is 0 Å². The molecule has 1 aromatic heterocycles. The maximum absolute atomic E-state index is 5.94. The molecule has 1 aromatic carbocycles. The predicted octanol–water partition coefficient (Wildman–Crippen LogP) is 3.89. The largest absolute Gasteiger partial charge is 0.485 e. The molecular formula is C17H23NO2. The summed E-state index contributed by atoms with van der Waals surface area (Å²) in [7, 11) is 0. The van der Waals surface area contributed by atoms with Crippen LogP contribution in [0.4, 0.5) is 0 Å². The van der Waals surface area contributed by atoms with Crippen molar-refractivity contribution in [2.24, 2.45) is 0 Å². The average molecular weight is 273 g/mol. The Morgan fingerprint density at radius 2 is 2.00 bits per heavy atom. The van der Waals surface area contributed by atoms with Crippen molar-refractivity contribution in [3.63, 3.8) is 0 Å². The quantitative estimate of drug-likeness (QED) is 0.867. The third-order valence-electron chi connectivity index (χ3n) is 3.53. The lowest BCUT2D eigenvalue weighted by Crippen LogP contribution is -2.13. The second-order valence-electron chi connectivity index (χ2n) is 5.14. The first-order valence-electron chi connectivity index (χ1n) is 7.08. The van der Waals surface area contributed by atoms with Crippen molar-refractivity contribution in [1.82, 2.24) is 5.32 Å². The van der Waals surface area contributed by atoms with Gasteiger partial charge in [-0.25, -0.2) is 0 Å². The number of hydrogen-bond acceptors (Lipinski definition) is 3. The second kappa shape index (κ2) is 6.62. The van der Waals surface area contributed by atoms with E-state index >= 15 is 0 Å². The van der Waals surface area contributed by atoms with Gasteiger partial charge in [0, 0.05) is 12.1 Å². The summed E-state index contributed by atoms with van der Waals surface area (Å²) in [5, 5.41) is 3.30. The Balaban J connectivity index is 2.07. The zero-order chi connectivity index (χ0) is 14.5. The van der Waals surface area contributed by atoms with E-state index in [4.69, 9.17) is 9.15 Å². The number of hydrogen-bond donors (Lipinski definition) is 1. The van der Waals surface area contributed by atoms with Gasteiger partial charge < -0.3 is 14.5 Å². The predicted molar refractivity (Wildman–Crippen MR) is 81.1 cm³/mol. The Kier molecular flexibility index (Phi) is 4.85. The molecular weight excluding hydrogens is 250 g/mol. The SMILES string of the molecule is CCNCc1ccoc1COc1cc(C)cc(C)c1C. The molecule has 0 atom stereocenters. The molecule has 2 aromatic rings. The molecule has 0 spiro atoms. The molecule has 1 N–H and O–H groups in total. The van der Waals surface area contributed by atoms with Crippen molar-refractivity contribution in [2.75, 3.05) is 6.54 Å². The summed E-state index contributed by atoms with van der Waals surface area (Å²) in [4.78, 5) is 0. The standard InChI is InChI=1S/C17H23NO2/c1-5-18-10-15-6-7-19-17(15)11-20-16-9-12(2)8-13(3)14(16)4/h6-9,18H,5,10-11H2,1-4H3. The van der Waals surface area contributed by atoms with Crippen LogP contribution in [0.2, 0.25) is 0 Å². The lowest BCUT2D eigenvalue weighted by molar-refractivity contribution is 0.266. The highest BCUT2D eigenvalue weighted by molar-refractivity contribution is 5.42. The van der Waals surface area contributed by atoms with Gasteiger partial charge in [0.25, 0.3) is 0 Å². The summed E-state index contributed by atoms with van der Waals surface area (Å²) in [5.41, 5.74) is 4.83. The van der Waals surface area contributed by atoms with Gasteiger partial charge in [0.1, 0.15) is 18.1 Å². The highest BCUT2D eigenvalue weighted by atomic mass is 16.5. The van der Waals surface area contributed by atoms with Gasteiger partial charge in [0.05, 0.1) is 6.26 Å². The van der Waals surface area contributed by atoms with Crippen LogP contribution < -0.4 is 10.1 Å². The van der Waals surface area contributed by atoms with Gasteiger partial charge in [0.15, 0.2) is 0 Å². The Morgan fingerprint density at radius 1 is 1.20 bits per heavy atom. The Labute approximate surface area is 121 Å². The van der Waals surface area contributed by atoms with E-state index in [1.165, 1.54) is 16.7 Å². The fourth-order valence-electron chi connectivity index (χ4n) is 2.20. The van der Waals surface area contributed by atoms with E-state index < -0.39 is 0 Å². The van der Waals surface area contributed by atoms with Crippen LogP contribution >= 0.6 is 0 Å². The summed E-state index contributed by atoms with van der Waals surface area (Å²) < 4.78 is 11.5. The zero-order valence-corrected chi connectivity index (χ0v) is 12.7. The van der Waals surface area contributed by atoms with Crippen LogP contribution in [0.1, 0.15) is 34.9 Å². The molecule has 0 bridgehead atoms. The highest BCUT2D eigenvalue weighted by Crippen LogP contribution is 2.24. The third-order valence-corrected chi connectivity index (χ3v) is 3.53. The minimum Gasteiger partial charge on any atom is -0.485 e. The number of rotatable bonds is 6. The monoisotopic (exact) mass is 273 g/mol. The molecule has 108 valence electrons. The molecule has 0 aliphatic heterocycles. The molecule has 2 rings (SSSR count). The normalized spacial score (nSPS) is 10.8. The van der Waals surface area contributed by atoms with Gasteiger partial charge in [0.2, 0.25) is 0 Å². The maximum Gasteiger partial charge on any atom is 0.146 e.